The van der Waals surface area contributed by atoms with Crippen LogP contribution < -0.4 is 16.0 Å². The van der Waals surface area contributed by atoms with Crippen molar-refractivity contribution in [3.63, 3.8) is 0 Å². The summed E-state index contributed by atoms with van der Waals surface area (Å²) < 4.78 is 4.99. The van der Waals surface area contributed by atoms with Gasteiger partial charge in [-0.3, -0.25) is 14.6 Å². The predicted molar refractivity (Wildman–Crippen MR) is 145 cm³/mol. The average Bonchev–Trinajstić information content (AvgIpc) is 3.63. The van der Waals surface area contributed by atoms with Crippen molar-refractivity contribution in [2.75, 3.05) is 29.0 Å². The highest BCUT2D eigenvalue weighted by Gasteiger charge is 2.30. The minimum Gasteiger partial charge on any atom is -0.351 e. The lowest BCUT2D eigenvalue weighted by Gasteiger charge is -2.16. The number of fused-ring (bicyclic) bond motifs is 6. The molecule has 4 aromatic rings. The molecule has 0 spiro atoms. The van der Waals surface area contributed by atoms with Crippen molar-refractivity contribution < 1.29 is 14.1 Å². The third-order valence-electron chi connectivity index (χ3n) is 6.82. The van der Waals surface area contributed by atoms with E-state index in [4.69, 9.17) is 16.1 Å². The number of carbonyl (C=O) groups excluding carboxylic acids is 2. The van der Waals surface area contributed by atoms with Gasteiger partial charge < -0.3 is 25.4 Å². The molecule has 1 fully saturated rings. The van der Waals surface area contributed by atoms with E-state index in [9.17, 15) is 9.59 Å². The standard InChI is InChI=1S/C27H25ClN8O3/c28-21-14-30-27-33-20-9-16(12-29-13-20)1-2-18-11-19(32-25(21)35-27)3-4-22(18)34-24(37)10-17-6-8-36(15-17)26(38)23-5-7-31-39-23/h3-5,7,9,11-14,17H,1-2,6,8,10,15H2,(H,34,37)(H2,30,32,33,35)/t17-/m1/s1. The highest BCUT2D eigenvalue weighted by Crippen LogP contribution is 2.30. The molecular formula is C27H25ClN8O3. The molecule has 5 heterocycles. The fraction of sp³-hybridized carbons (Fsp3) is 0.259. The van der Waals surface area contributed by atoms with Gasteiger partial charge in [0.05, 0.1) is 24.3 Å². The summed E-state index contributed by atoms with van der Waals surface area (Å²) in [5, 5.41) is 13.5. The minimum atomic E-state index is -0.200. The topological polar surface area (TPSA) is 138 Å². The number of rotatable bonds is 4. The number of nitrogens with one attached hydrogen (secondary N) is 3. The zero-order valence-corrected chi connectivity index (χ0v) is 21.6. The third kappa shape index (κ3) is 5.68. The predicted octanol–water partition coefficient (Wildman–Crippen LogP) is 4.59. The Morgan fingerprint density at radius 1 is 1.10 bits per heavy atom. The van der Waals surface area contributed by atoms with Gasteiger partial charge in [-0.2, -0.15) is 4.98 Å². The summed E-state index contributed by atoms with van der Waals surface area (Å²) in [6, 6.07) is 9.30. The van der Waals surface area contributed by atoms with Gasteiger partial charge in [0, 0.05) is 43.1 Å². The number of halogens is 1. The van der Waals surface area contributed by atoms with E-state index in [-0.39, 0.29) is 23.5 Å². The molecule has 1 aromatic carbocycles. The van der Waals surface area contributed by atoms with E-state index in [0.29, 0.717) is 42.7 Å². The zero-order valence-electron chi connectivity index (χ0n) is 20.9. The maximum absolute atomic E-state index is 13.1. The van der Waals surface area contributed by atoms with Crippen molar-refractivity contribution >= 4 is 52.2 Å². The van der Waals surface area contributed by atoms with Gasteiger partial charge >= 0.3 is 0 Å². The van der Waals surface area contributed by atoms with Crippen LogP contribution in [0.3, 0.4) is 0 Å². The molecule has 198 valence electrons. The first-order valence-corrected chi connectivity index (χ1v) is 13.0. The van der Waals surface area contributed by atoms with Gasteiger partial charge in [-0.25, -0.2) is 4.98 Å². The molecule has 12 heteroatoms. The van der Waals surface area contributed by atoms with Gasteiger partial charge in [0.2, 0.25) is 17.6 Å². The number of pyridine rings is 1. The molecule has 39 heavy (non-hydrogen) atoms. The first kappa shape index (κ1) is 24.8. The first-order chi connectivity index (χ1) is 19.0. The number of nitrogens with zero attached hydrogens (tertiary/aromatic N) is 5. The zero-order chi connectivity index (χ0) is 26.8. The van der Waals surface area contributed by atoms with Crippen molar-refractivity contribution in [3.8, 4) is 0 Å². The second-order valence-electron chi connectivity index (χ2n) is 9.63. The highest BCUT2D eigenvalue weighted by molar-refractivity contribution is 6.32. The Morgan fingerprint density at radius 2 is 2.03 bits per heavy atom. The van der Waals surface area contributed by atoms with Gasteiger partial charge in [0.1, 0.15) is 5.02 Å². The number of carbonyl (C=O) groups is 2. The Kier molecular flexibility index (Phi) is 6.80. The summed E-state index contributed by atoms with van der Waals surface area (Å²) in [5.41, 5.74) is 4.30. The van der Waals surface area contributed by atoms with Crippen LogP contribution in [0.1, 0.15) is 34.5 Å². The van der Waals surface area contributed by atoms with E-state index in [1.54, 1.807) is 17.2 Å². The number of amides is 2. The number of aromatic nitrogens is 4. The molecule has 0 unspecified atom stereocenters. The van der Waals surface area contributed by atoms with Crippen LogP contribution in [-0.4, -0.2) is 49.9 Å². The number of likely N-dealkylation sites (tertiary alicyclic amines) is 1. The maximum Gasteiger partial charge on any atom is 0.292 e. The Balaban J connectivity index is 1.19. The molecule has 0 aliphatic carbocycles. The Morgan fingerprint density at radius 3 is 2.90 bits per heavy atom. The number of hydrogen-bond donors (Lipinski definition) is 3. The molecule has 0 saturated carbocycles. The van der Waals surface area contributed by atoms with Crippen LogP contribution in [0.5, 0.6) is 0 Å². The molecule has 6 bridgehead atoms. The lowest BCUT2D eigenvalue weighted by molar-refractivity contribution is -0.117. The van der Waals surface area contributed by atoms with Crippen LogP contribution in [0.2, 0.25) is 5.02 Å². The Labute approximate surface area is 229 Å². The van der Waals surface area contributed by atoms with E-state index in [1.807, 2.05) is 30.5 Å². The first-order valence-electron chi connectivity index (χ1n) is 12.6. The van der Waals surface area contributed by atoms with Gasteiger partial charge in [0.25, 0.3) is 5.91 Å². The van der Waals surface area contributed by atoms with Gasteiger partial charge in [0.15, 0.2) is 5.82 Å². The second-order valence-corrected chi connectivity index (χ2v) is 10.0. The van der Waals surface area contributed by atoms with E-state index in [0.717, 1.165) is 41.0 Å². The lowest BCUT2D eigenvalue weighted by Crippen LogP contribution is -2.29. The maximum atomic E-state index is 13.1. The van der Waals surface area contributed by atoms with Crippen LogP contribution in [0.15, 0.2) is 59.6 Å². The molecule has 1 saturated heterocycles. The fourth-order valence-electron chi connectivity index (χ4n) is 4.88. The molecule has 2 amide bonds. The van der Waals surface area contributed by atoms with Crippen molar-refractivity contribution in [1.29, 1.82) is 0 Å². The van der Waals surface area contributed by atoms with Crippen LogP contribution >= 0.6 is 11.6 Å². The van der Waals surface area contributed by atoms with Crippen LogP contribution in [0.4, 0.5) is 28.8 Å². The Bertz CT molecular complexity index is 1530. The monoisotopic (exact) mass is 544 g/mol. The van der Waals surface area contributed by atoms with E-state index >= 15 is 0 Å². The minimum absolute atomic E-state index is 0.0679. The lowest BCUT2D eigenvalue weighted by atomic mass is 10.0. The number of hydrogen-bond acceptors (Lipinski definition) is 9. The summed E-state index contributed by atoms with van der Waals surface area (Å²) in [4.78, 5) is 40.4. The number of aryl methyl sites for hydroxylation is 2. The normalized spacial score (nSPS) is 16.2. The molecule has 0 radical (unpaired) electrons. The molecule has 1 atom stereocenters. The molecule has 3 aromatic heterocycles. The summed E-state index contributed by atoms with van der Waals surface area (Å²) >= 11 is 6.36. The molecule has 11 nitrogen and oxygen atoms in total. The van der Waals surface area contributed by atoms with E-state index < -0.39 is 0 Å². The highest BCUT2D eigenvalue weighted by atomic mass is 35.5. The van der Waals surface area contributed by atoms with Gasteiger partial charge in [-0.1, -0.05) is 16.8 Å². The fourth-order valence-corrected chi connectivity index (χ4v) is 5.02. The van der Waals surface area contributed by atoms with Crippen molar-refractivity contribution in [3.05, 3.63) is 77.0 Å². The van der Waals surface area contributed by atoms with Crippen molar-refractivity contribution in [2.45, 2.75) is 25.7 Å². The molecule has 6 rings (SSSR count). The number of anilines is 5. The van der Waals surface area contributed by atoms with Gasteiger partial charge in [-0.15, -0.1) is 0 Å². The Hall–Kier alpha value is -4.51. The third-order valence-corrected chi connectivity index (χ3v) is 7.09. The van der Waals surface area contributed by atoms with E-state index in [1.165, 1.54) is 12.4 Å². The van der Waals surface area contributed by atoms with E-state index in [2.05, 4.69) is 36.1 Å². The SMILES string of the molecule is O=C(C[C@H]1CCN(C(=O)c2ccno2)C1)Nc1ccc2cc1CCc1cncc(c1)Nc1ncc(Cl)c(n1)N2. The molecule has 3 N–H and O–H groups in total. The summed E-state index contributed by atoms with van der Waals surface area (Å²) in [5.74, 6) is 0.853. The largest absolute Gasteiger partial charge is 0.351 e. The quantitative estimate of drug-likeness (QED) is 0.336. The summed E-state index contributed by atoms with van der Waals surface area (Å²) in [7, 11) is 0. The number of benzene rings is 1. The van der Waals surface area contributed by atoms with Gasteiger partial charge in [-0.05, 0) is 60.6 Å². The smallest absolute Gasteiger partial charge is 0.292 e. The molecule has 2 aliphatic heterocycles. The molecule has 2 aliphatic rings. The van der Waals surface area contributed by atoms with Crippen molar-refractivity contribution in [2.24, 2.45) is 5.92 Å². The summed E-state index contributed by atoms with van der Waals surface area (Å²) in [6.45, 7) is 1.08. The van der Waals surface area contributed by atoms with Crippen LogP contribution in [0, 0.1) is 5.92 Å². The average molecular weight is 545 g/mol. The molecular weight excluding hydrogens is 520 g/mol. The second kappa shape index (κ2) is 10.7. The van der Waals surface area contributed by atoms with Crippen LogP contribution in [-0.2, 0) is 17.6 Å². The summed E-state index contributed by atoms with van der Waals surface area (Å²) in [6.07, 6.45) is 8.98. The van der Waals surface area contributed by atoms with Crippen LogP contribution in [0.25, 0.3) is 0 Å². The van der Waals surface area contributed by atoms with Crippen molar-refractivity contribution in [1.82, 2.24) is 25.0 Å².